The van der Waals surface area contributed by atoms with E-state index in [1.165, 1.54) is 5.56 Å². The predicted molar refractivity (Wildman–Crippen MR) is 65.0 cm³/mol. The topological polar surface area (TPSA) is 49.5 Å². The average molecular weight is 228 g/mol. The first-order valence-electron chi connectivity index (χ1n) is 5.09. The summed E-state index contributed by atoms with van der Waals surface area (Å²) in [4.78, 5) is 2.10. The molecule has 1 rings (SSSR count). The molecule has 3 nitrogen and oxygen atoms in total. The van der Waals surface area contributed by atoms with E-state index in [-0.39, 0.29) is 6.04 Å². The molecule has 0 amide bonds. The van der Waals surface area contributed by atoms with E-state index in [0.717, 1.165) is 0 Å². The van der Waals surface area contributed by atoms with Crippen LogP contribution in [-0.4, -0.2) is 35.7 Å². The molecule has 1 heterocycles. The first-order valence-corrected chi connectivity index (χ1v) is 6.03. The van der Waals surface area contributed by atoms with Gasteiger partial charge in [0.1, 0.15) is 0 Å². The van der Waals surface area contributed by atoms with Gasteiger partial charge >= 0.3 is 0 Å². The van der Waals surface area contributed by atoms with Gasteiger partial charge in [-0.1, -0.05) is 0 Å². The Labute approximate surface area is 95.5 Å². The van der Waals surface area contributed by atoms with Gasteiger partial charge in [0.2, 0.25) is 0 Å². The maximum atomic E-state index is 9.75. The number of nitrogens with two attached hydrogens (primary N) is 1. The fourth-order valence-electron chi connectivity index (χ4n) is 1.76. The van der Waals surface area contributed by atoms with Crippen molar-refractivity contribution in [2.24, 2.45) is 5.73 Å². The number of hydrogen-bond donors (Lipinski definition) is 2. The Morgan fingerprint density at radius 2 is 2.27 bits per heavy atom. The van der Waals surface area contributed by atoms with Crippen LogP contribution >= 0.6 is 11.3 Å². The van der Waals surface area contributed by atoms with Crippen LogP contribution in [0.1, 0.15) is 25.5 Å². The Bertz CT molecular complexity index is 279. The second kappa shape index (κ2) is 5.07. The lowest BCUT2D eigenvalue weighted by atomic mass is 10.1. The maximum absolute atomic E-state index is 9.75. The maximum Gasteiger partial charge on any atom is 0.0718 e. The summed E-state index contributed by atoms with van der Waals surface area (Å²) in [5.41, 5.74) is 6.31. The Balaban J connectivity index is 2.67. The molecule has 0 aliphatic rings. The van der Waals surface area contributed by atoms with Crippen LogP contribution in [0.2, 0.25) is 0 Å². The van der Waals surface area contributed by atoms with Gasteiger partial charge in [-0.05, 0) is 43.3 Å². The Morgan fingerprint density at radius 1 is 1.60 bits per heavy atom. The molecule has 1 atom stereocenters. The van der Waals surface area contributed by atoms with Crippen molar-refractivity contribution in [3.8, 4) is 0 Å². The molecule has 86 valence electrons. The van der Waals surface area contributed by atoms with Crippen LogP contribution in [0.15, 0.2) is 16.8 Å². The third-order valence-corrected chi connectivity index (χ3v) is 3.02. The van der Waals surface area contributed by atoms with E-state index < -0.39 is 5.60 Å². The van der Waals surface area contributed by atoms with Crippen LogP contribution in [0, 0.1) is 0 Å². The molecule has 1 aromatic rings. The van der Waals surface area contributed by atoms with E-state index in [9.17, 15) is 5.11 Å². The molecule has 0 aliphatic heterocycles. The van der Waals surface area contributed by atoms with E-state index in [1.54, 1.807) is 11.3 Å². The molecule has 0 bridgehead atoms. The zero-order chi connectivity index (χ0) is 11.5. The van der Waals surface area contributed by atoms with Gasteiger partial charge in [-0.3, -0.25) is 4.90 Å². The summed E-state index contributed by atoms with van der Waals surface area (Å²) in [7, 11) is 1.99. The minimum Gasteiger partial charge on any atom is -0.389 e. The number of likely N-dealkylation sites (N-methyl/N-ethyl adjacent to an activating group) is 1. The Hall–Kier alpha value is -0.420. The van der Waals surface area contributed by atoms with Crippen LogP contribution in [0.3, 0.4) is 0 Å². The van der Waals surface area contributed by atoms with Gasteiger partial charge in [-0.2, -0.15) is 11.3 Å². The van der Waals surface area contributed by atoms with Gasteiger partial charge < -0.3 is 10.8 Å². The zero-order valence-electron chi connectivity index (χ0n) is 9.60. The van der Waals surface area contributed by atoms with Gasteiger partial charge in [0.15, 0.2) is 0 Å². The summed E-state index contributed by atoms with van der Waals surface area (Å²) >= 11 is 1.67. The second-order valence-corrected chi connectivity index (χ2v) is 5.32. The van der Waals surface area contributed by atoms with Gasteiger partial charge in [0, 0.05) is 19.1 Å². The molecule has 0 aliphatic carbocycles. The lowest BCUT2D eigenvalue weighted by Crippen LogP contribution is -2.40. The molecule has 1 aromatic heterocycles. The molecule has 0 aromatic carbocycles. The van der Waals surface area contributed by atoms with Crippen molar-refractivity contribution >= 4 is 11.3 Å². The molecule has 15 heavy (non-hydrogen) atoms. The van der Waals surface area contributed by atoms with Gasteiger partial charge in [-0.25, -0.2) is 0 Å². The summed E-state index contributed by atoms with van der Waals surface area (Å²) in [5.74, 6) is 0. The van der Waals surface area contributed by atoms with Crippen molar-refractivity contribution < 1.29 is 5.11 Å². The highest BCUT2D eigenvalue weighted by Gasteiger charge is 2.22. The van der Waals surface area contributed by atoms with E-state index in [1.807, 2.05) is 20.9 Å². The van der Waals surface area contributed by atoms with Crippen LogP contribution in [0.5, 0.6) is 0 Å². The molecule has 0 fully saturated rings. The third kappa shape index (κ3) is 3.91. The van der Waals surface area contributed by atoms with Crippen LogP contribution in [-0.2, 0) is 0 Å². The molecule has 0 radical (unpaired) electrons. The standard InChI is InChI=1S/C11H20N2OS/c1-11(2,14)8-13(3)10(6-12)9-4-5-15-7-9/h4-5,7,10,14H,6,8,12H2,1-3H3. The lowest BCUT2D eigenvalue weighted by molar-refractivity contribution is 0.0321. The molecule has 4 heteroatoms. The highest BCUT2D eigenvalue weighted by atomic mass is 32.1. The number of hydrogen-bond acceptors (Lipinski definition) is 4. The van der Waals surface area contributed by atoms with Gasteiger partial charge in [-0.15, -0.1) is 0 Å². The van der Waals surface area contributed by atoms with Crippen molar-refractivity contribution in [1.29, 1.82) is 0 Å². The number of nitrogens with zero attached hydrogens (tertiary/aromatic N) is 1. The van der Waals surface area contributed by atoms with Crippen molar-refractivity contribution in [2.75, 3.05) is 20.1 Å². The number of rotatable bonds is 5. The van der Waals surface area contributed by atoms with E-state index in [0.29, 0.717) is 13.1 Å². The highest BCUT2D eigenvalue weighted by molar-refractivity contribution is 7.07. The fourth-order valence-corrected chi connectivity index (χ4v) is 2.46. The zero-order valence-corrected chi connectivity index (χ0v) is 10.4. The van der Waals surface area contributed by atoms with E-state index in [2.05, 4.69) is 21.7 Å². The summed E-state index contributed by atoms with van der Waals surface area (Å²) < 4.78 is 0. The van der Waals surface area contributed by atoms with E-state index in [4.69, 9.17) is 5.73 Å². The van der Waals surface area contributed by atoms with Crippen molar-refractivity contribution in [1.82, 2.24) is 4.90 Å². The van der Waals surface area contributed by atoms with Crippen LogP contribution in [0.4, 0.5) is 0 Å². The Kier molecular flexibility index (Phi) is 4.28. The quantitative estimate of drug-likeness (QED) is 0.802. The second-order valence-electron chi connectivity index (χ2n) is 4.54. The van der Waals surface area contributed by atoms with Gasteiger partial charge in [0.05, 0.1) is 5.60 Å². The molecule has 0 saturated carbocycles. The third-order valence-electron chi connectivity index (χ3n) is 2.32. The largest absolute Gasteiger partial charge is 0.389 e. The molecule has 0 spiro atoms. The smallest absolute Gasteiger partial charge is 0.0718 e. The number of thiophene rings is 1. The molecule has 0 saturated heterocycles. The Morgan fingerprint density at radius 3 is 2.67 bits per heavy atom. The summed E-state index contributed by atoms with van der Waals surface area (Å²) in [6.45, 7) is 4.81. The van der Waals surface area contributed by atoms with Crippen LogP contribution < -0.4 is 5.73 Å². The van der Waals surface area contributed by atoms with E-state index >= 15 is 0 Å². The van der Waals surface area contributed by atoms with Gasteiger partial charge in [0.25, 0.3) is 0 Å². The lowest BCUT2D eigenvalue weighted by Gasteiger charge is -2.31. The fraction of sp³-hybridized carbons (Fsp3) is 0.636. The predicted octanol–water partition coefficient (Wildman–Crippen LogP) is 1.45. The van der Waals surface area contributed by atoms with Crippen LogP contribution in [0.25, 0.3) is 0 Å². The normalized spacial score (nSPS) is 14.5. The summed E-state index contributed by atoms with van der Waals surface area (Å²) in [6.07, 6.45) is 0. The van der Waals surface area contributed by atoms with Crippen molar-refractivity contribution in [3.05, 3.63) is 22.4 Å². The molecule has 1 unspecified atom stereocenters. The molecular weight excluding hydrogens is 208 g/mol. The number of aliphatic hydroxyl groups is 1. The monoisotopic (exact) mass is 228 g/mol. The van der Waals surface area contributed by atoms with Crippen molar-refractivity contribution in [3.63, 3.8) is 0 Å². The summed E-state index contributed by atoms with van der Waals surface area (Å²) in [6, 6.07) is 2.28. The minimum atomic E-state index is -0.682. The SMILES string of the molecule is CN(CC(C)(C)O)C(CN)c1ccsc1. The first-order chi connectivity index (χ1) is 6.94. The highest BCUT2D eigenvalue weighted by Crippen LogP contribution is 2.22. The van der Waals surface area contributed by atoms with Crippen molar-refractivity contribution in [2.45, 2.75) is 25.5 Å². The molecule has 3 N–H and O–H groups in total. The minimum absolute atomic E-state index is 0.197. The summed E-state index contributed by atoms with van der Waals surface area (Å²) in [5, 5.41) is 13.9. The average Bonchev–Trinajstić information content (AvgIpc) is 2.54. The molecular formula is C11H20N2OS. The first kappa shape index (κ1) is 12.6.